The van der Waals surface area contributed by atoms with Crippen LogP contribution in [0.3, 0.4) is 0 Å². The number of para-hydroxylation sites is 1. The van der Waals surface area contributed by atoms with Crippen LogP contribution in [0.15, 0.2) is 24.3 Å². The molecule has 3 nitrogen and oxygen atoms in total. The molecule has 1 N–H and O–H groups in total. The van der Waals surface area contributed by atoms with Crippen molar-refractivity contribution in [2.24, 2.45) is 0 Å². The molecule has 0 radical (unpaired) electrons. The molecule has 0 fully saturated rings. The van der Waals surface area contributed by atoms with Crippen LogP contribution in [0.2, 0.25) is 0 Å². The summed E-state index contributed by atoms with van der Waals surface area (Å²) in [5.41, 5.74) is 1.12. The fourth-order valence-electron chi connectivity index (χ4n) is 3.85. The summed E-state index contributed by atoms with van der Waals surface area (Å²) in [5.74, 6) is -0.210. The van der Waals surface area contributed by atoms with Crippen molar-refractivity contribution in [3.63, 3.8) is 0 Å². The molecule has 1 aromatic rings. The first-order valence-electron chi connectivity index (χ1n) is 12.2. The number of unbranched alkanes of at least 4 members (excludes halogenated alkanes) is 15. The highest BCUT2D eigenvalue weighted by Crippen LogP contribution is 2.21. The van der Waals surface area contributed by atoms with Crippen molar-refractivity contribution >= 4 is 5.97 Å². The lowest BCUT2D eigenvalue weighted by Gasteiger charge is -2.09. The molecular weight excluding hydrogens is 360 g/mol. The standard InChI is InChI=1S/C26H44O3/c1-2-3-4-5-6-7-8-9-10-11-12-13-14-15-16-17-20-24-21-18-19-22-25(24)29-23-26(27)28/h18-19,21-22H,2-17,20,23H2,1H3,(H,27,28). The van der Waals surface area contributed by atoms with Crippen molar-refractivity contribution in [2.75, 3.05) is 6.61 Å². The molecule has 0 amide bonds. The maximum absolute atomic E-state index is 10.7. The van der Waals surface area contributed by atoms with E-state index in [1.165, 1.54) is 96.3 Å². The largest absolute Gasteiger partial charge is 0.482 e. The number of benzene rings is 1. The predicted octanol–water partition coefficient (Wildman–Crippen LogP) is 7.95. The lowest BCUT2D eigenvalue weighted by molar-refractivity contribution is -0.139. The number of rotatable bonds is 20. The molecule has 1 aromatic carbocycles. The van der Waals surface area contributed by atoms with E-state index < -0.39 is 5.97 Å². The Morgan fingerprint density at radius 3 is 1.66 bits per heavy atom. The highest BCUT2D eigenvalue weighted by Gasteiger charge is 2.05. The molecule has 0 aromatic heterocycles. The molecule has 1 rings (SSSR count). The molecule has 0 heterocycles. The van der Waals surface area contributed by atoms with Gasteiger partial charge >= 0.3 is 5.97 Å². The molecule has 0 saturated heterocycles. The summed E-state index contributed by atoms with van der Waals surface area (Å²) < 4.78 is 5.38. The normalized spacial score (nSPS) is 10.9. The van der Waals surface area contributed by atoms with Gasteiger partial charge in [-0.2, -0.15) is 0 Å². The highest BCUT2D eigenvalue weighted by atomic mass is 16.5. The van der Waals surface area contributed by atoms with Gasteiger partial charge in [-0.15, -0.1) is 0 Å². The zero-order valence-electron chi connectivity index (χ0n) is 18.8. The molecular formula is C26H44O3. The van der Waals surface area contributed by atoms with Gasteiger partial charge in [-0.05, 0) is 24.5 Å². The van der Waals surface area contributed by atoms with Gasteiger partial charge in [0.05, 0.1) is 0 Å². The Hall–Kier alpha value is -1.51. The smallest absolute Gasteiger partial charge is 0.341 e. The Labute approximate surface area is 179 Å². The number of ether oxygens (including phenoxy) is 1. The van der Waals surface area contributed by atoms with Gasteiger partial charge in [0.1, 0.15) is 5.75 Å². The maximum atomic E-state index is 10.7. The van der Waals surface area contributed by atoms with Gasteiger partial charge in [0.15, 0.2) is 6.61 Å². The quantitative estimate of drug-likeness (QED) is 0.224. The lowest BCUT2D eigenvalue weighted by atomic mass is 10.0. The van der Waals surface area contributed by atoms with Crippen LogP contribution < -0.4 is 4.74 Å². The van der Waals surface area contributed by atoms with Gasteiger partial charge in [-0.25, -0.2) is 4.79 Å². The first kappa shape index (κ1) is 25.5. The van der Waals surface area contributed by atoms with Crippen molar-refractivity contribution in [2.45, 2.75) is 116 Å². The van der Waals surface area contributed by atoms with Crippen LogP contribution in [0.4, 0.5) is 0 Å². The van der Waals surface area contributed by atoms with E-state index in [4.69, 9.17) is 9.84 Å². The Balaban J connectivity index is 1.90. The zero-order valence-corrected chi connectivity index (χ0v) is 18.8. The zero-order chi connectivity index (χ0) is 21.0. The molecule has 0 bridgehead atoms. The number of hydrogen-bond donors (Lipinski definition) is 1. The summed E-state index contributed by atoms with van der Waals surface area (Å²) in [5, 5.41) is 8.77. The second kappa shape index (κ2) is 18.5. The third kappa shape index (κ3) is 15.1. The van der Waals surface area contributed by atoms with Crippen LogP contribution in [0.5, 0.6) is 5.75 Å². The maximum Gasteiger partial charge on any atom is 0.341 e. The van der Waals surface area contributed by atoms with Crippen LogP contribution in [0.25, 0.3) is 0 Å². The minimum Gasteiger partial charge on any atom is -0.482 e. The van der Waals surface area contributed by atoms with Crippen molar-refractivity contribution < 1.29 is 14.6 Å². The summed E-state index contributed by atoms with van der Waals surface area (Å²) in [6.07, 6.45) is 23.0. The first-order valence-corrected chi connectivity index (χ1v) is 12.2. The number of aryl methyl sites for hydroxylation is 1. The summed E-state index contributed by atoms with van der Waals surface area (Å²) in [6.45, 7) is 2.01. The summed E-state index contributed by atoms with van der Waals surface area (Å²) in [6, 6.07) is 7.80. The molecule has 0 atom stereocenters. The molecule has 29 heavy (non-hydrogen) atoms. The van der Waals surface area contributed by atoms with Crippen LogP contribution in [-0.4, -0.2) is 17.7 Å². The molecule has 0 aliphatic rings. The predicted molar refractivity (Wildman–Crippen MR) is 123 cm³/mol. The minimum atomic E-state index is -0.929. The third-order valence-electron chi connectivity index (χ3n) is 5.62. The second-order valence-electron chi connectivity index (χ2n) is 8.34. The Bertz CT molecular complexity index is 512. The molecule has 0 spiro atoms. The first-order chi connectivity index (χ1) is 14.2. The average molecular weight is 405 g/mol. The Morgan fingerprint density at radius 2 is 1.17 bits per heavy atom. The van der Waals surface area contributed by atoms with E-state index in [0.29, 0.717) is 0 Å². The Kier molecular flexibility index (Phi) is 16.3. The summed E-state index contributed by atoms with van der Waals surface area (Å²) in [7, 11) is 0. The second-order valence-corrected chi connectivity index (χ2v) is 8.34. The van der Waals surface area contributed by atoms with Gasteiger partial charge in [-0.3, -0.25) is 0 Å². The van der Waals surface area contributed by atoms with Crippen LogP contribution in [0.1, 0.15) is 115 Å². The van der Waals surface area contributed by atoms with Gasteiger partial charge in [0.2, 0.25) is 0 Å². The summed E-state index contributed by atoms with van der Waals surface area (Å²) >= 11 is 0. The molecule has 166 valence electrons. The van der Waals surface area contributed by atoms with Gasteiger partial charge in [0, 0.05) is 0 Å². The van der Waals surface area contributed by atoms with Gasteiger partial charge < -0.3 is 9.84 Å². The van der Waals surface area contributed by atoms with E-state index in [0.717, 1.165) is 24.2 Å². The number of carboxylic acids is 1. The number of aliphatic carboxylic acids is 1. The summed E-state index contributed by atoms with van der Waals surface area (Å²) in [4.78, 5) is 10.7. The van der Waals surface area contributed by atoms with Crippen LogP contribution >= 0.6 is 0 Å². The average Bonchev–Trinajstić information content (AvgIpc) is 2.72. The minimum absolute atomic E-state index is 0.268. The van der Waals surface area contributed by atoms with E-state index in [9.17, 15) is 4.79 Å². The van der Waals surface area contributed by atoms with Crippen LogP contribution in [-0.2, 0) is 11.2 Å². The van der Waals surface area contributed by atoms with E-state index in [-0.39, 0.29) is 6.61 Å². The molecule has 3 heteroatoms. The number of carboxylic acid groups (broad SMARTS) is 1. The number of hydrogen-bond acceptors (Lipinski definition) is 2. The van der Waals surface area contributed by atoms with Crippen LogP contribution in [0, 0.1) is 0 Å². The van der Waals surface area contributed by atoms with Crippen molar-refractivity contribution in [1.82, 2.24) is 0 Å². The third-order valence-corrected chi connectivity index (χ3v) is 5.62. The van der Waals surface area contributed by atoms with E-state index >= 15 is 0 Å². The molecule has 0 aliphatic carbocycles. The molecule has 0 aliphatic heterocycles. The SMILES string of the molecule is CCCCCCCCCCCCCCCCCCc1ccccc1OCC(=O)O. The monoisotopic (exact) mass is 404 g/mol. The van der Waals surface area contributed by atoms with E-state index in [2.05, 4.69) is 6.92 Å². The van der Waals surface area contributed by atoms with Crippen molar-refractivity contribution in [3.8, 4) is 5.75 Å². The molecule has 0 unspecified atom stereocenters. The van der Waals surface area contributed by atoms with Crippen molar-refractivity contribution in [1.29, 1.82) is 0 Å². The van der Waals surface area contributed by atoms with Gasteiger partial charge in [-0.1, -0.05) is 121 Å². The fourth-order valence-corrected chi connectivity index (χ4v) is 3.85. The highest BCUT2D eigenvalue weighted by molar-refractivity contribution is 5.68. The number of carbonyl (C=O) groups is 1. The molecule has 0 saturated carbocycles. The lowest BCUT2D eigenvalue weighted by Crippen LogP contribution is -2.10. The van der Waals surface area contributed by atoms with E-state index in [1.807, 2.05) is 24.3 Å². The Morgan fingerprint density at radius 1 is 0.724 bits per heavy atom. The van der Waals surface area contributed by atoms with Gasteiger partial charge in [0.25, 0.3) is 0 Å². The topological polar surface area (TPSA) is 46.5 Å². The van der Waals surface area contributed by atoms with E-state index in [1.54, 1.807) is 0 Å². The van der Waals surface area contributed by atoms with Crippen molar-refractivity contribution in [3.05, 3.63) is 29.8 Å². The fraction of sp³-hybridized carbons (Fsp3) is 0.731.